The van der Waals surface area contributed by atoms with Gasteiger partial charge in [-0.25, -0.2) is 28.2 Å². The van der Waals surface area contributed by atoms with Crippen LogP contribution in [0, 0.1) is 11.6 Å². The van der Waals surface area contributed by atoms with Gasteiger partial charge in [0, 0.05) is 73.2 Å². The smallest absolute Gasteiger partial charge is 0.222 e. The number of aryl methyl sites for hydroxylation is 1. The number of nitrogens with zero attached hydrogens (tertiary/aromatic N) is 7. The quantitative estimate of drug-likeness (QED) is 0.284. The Morgan fingerprint density at radius 3 is 2.44 bits per heavy atom. The number of hydrogen-bond acceptors (Lipinski definition) is 8. The Morgan fingerprint density at radius 2 is 1.72 bits per heavy atom. The lowest BCUT2D eigenvalue weighted by Gasteiger charge is -2.25. The van der Waals surface area contributed by atoms with Gasteiger partial charge in [0.05, 0.1) is 11.7 Å². The van der Waals surface area contributed by atoms with E-state index < -0.39 is 17.2 Å². The molecular formula is C24H24F2N10. The maximum Gasteiger partial charge on any atom is 0.222 e. The largest absolute Gasteiger partial charge is 0.366 e. The second-order valence-electron chi connectivity index (χ2n) is 8.55. The fourth-order valence-corrected chi connectivity index (χ4v) is 3.90. The molecule has 36 heavy (non-hydrogen) atoms. The van der Waals surface area contributed by atoms with E-state index in [4.69, 9.17) is 5.73 Å². The number of anilines is 2. The lowest BCUT2D eigenvalue weighted by atomic mass is 9.87. The van der Waals surface area contributed by atoms with Gasteiger partial charge >= 0.3 is 0 Å². The van der Waals surface area contributed by atoms with Crippen molar-refractivity contribution in [3.8, 4) is 11.1 Å². The molecule has 4 heterocycles. The molecule has 0 aliphatic carbocycles. The van der Waals surface area contributed by atoms with E-state index in [1.165, 1.54) is 30.9 Å². The number of nitrogens with one attached hydrogen (secondary N) is 2. The molecule has 1 atom stereocenters. The van der Waals surface area contributed by atoms with E-state index in [0.717, 1.165) is 22.7 Å². The molecule has 0 saturated carbocycles. The summed E-state index contributed by atoms with van der Waals surface area (Å²) >= 11 is 0. The van der Waals surface area contributed by atoms with Crippen LogP contribution in [0.25, 0.3) is 16.6 Å². The van der Waals surface area contributed by atoms with Gasteiger partial charge in [0.15, 0.2) is 5.82 Å². The molecule has 0 amide bonds. The van der Waals surface area contributed by atoms with E-state index in [2.05, 4.69) is 35.8 Å². The van der Waals surface area contributed by atoms with Gasteiger partial charge < -0.3 is 16.4 Å². The Balaban J connectivity index is 1.21. The molecule has 1 aromatic carbocycles. The van der Waals surface area contributed by atoms with Gasteiger partial charge in [-0.15, -0.1) is 0 Å². The summed E-state index contributed by atoms with van der Waals surface area (Å²) in [4.78, 5) is 12.9. The minimum absolute atomic E-state index is 0.158. The predicted molar refractivity (Wildman–Crippen MR) is 131 cm³/mol. The number of aromatic nitrogens is 7. The summed E-state index contributed by atoms with van der Waals surface area (Å²) in [7, 11) is 1.87. The van der Waals surface area contributed by atoms with Crippen molar-refractivity contribution in [3.63, 3.8) is 0 Å². The lowest BCUT2D eigenvalue weighted by molar-refractivity contribution is 0.515. The van der Waals surface area contributed by atoms with Gasteiger partial charge in [-0.1, -0.05) is 6.07 Å². The third-order valence-corrected chi connectivity index (χ3v) is 5.89. The number of halogens is 2. The van der Waals surface area contributed by atoms with Crippen molar-refractivity contribution in [1.29, 1.82) is 0 Å². The molecule has 5 aromatic rings. The molecule has 0 bridgehead atoms. The van der Waals surface area contributed by atoms with Crippen LogP contribution in [-0.4, -0.2) is 47.4 Å². The summed E-state index contributed by atoms with van der Waals surface area (Å²) < 4.78 is 31.0. The monoisotopic (exact) mass is 490 g/mol. The van der Waals surface area contributed by atoms with Crippen LogP contribution in [-0.2, 0) is 12.6 Å². The number of nitrogens with two attached hydrogens (primary N) is 1. The Bertz CT molecular complexity index is 1510. The average molecular weight is 491 g/mol. The Morgan fingerprint density at radius 1 is 0.944 bits per heavy atom. The third-order valence-electron chi connectivity index (χ3n) is 5.89. The van der Waals surface area contributed by atoms with Crippen LogP contribution < -0.4 is 16.4 Å². The van der Waals surface area contributed by atoms with Gasteiger partial charge in [-0.2, -0.15) is 10.2 Å². The minimum Gasteiger partial charge on any atom is -0.366 e. The number of benzene rings is 1. The first-order valence-electron chi connectivity index (χ1n) is 11.2. The highest BCUT2D eigenvalue weighted by Gasteiger charge is 2.28. The highest BCUT2D eigenvalue weighted by molar-refractivity contribution is 5.76. The van der Waals surface area contributed by atoms with Gasteiger partial charge in [0.1, 0.15) is 23.5 Å². The van der Waals surface area contributed by atoms with Crippen LogP contribution in [0.1, 0.15) is 18.1 Å². The second kappa shape index (κ2) is 9.30. The average Bonchev–Trinajstić information content (AvgIpc) is 3.48. The van der Waals surface area contributed by atoms with Gasteiger partial charge in [-0.3, -0.25) is 4.68 Å². The fourth-order valence-electron chi connectivity index (χ4n) is 3.90. The van der Waals surface area contributed by atoms with Crippen molar-refractivity contribution >= 4 is 17.3 Å². The number of rotatable bonds is 8. The normalized spacial score (nSPS) is 13.0. The van der Waals surface area contributed by atoms with Crippen LogP contribution in [0.4, 0.5) is 20.5 Å². The van der Waals surface area contributed by atoms with Crippen LogP contribution in [0.2, 0.25) is 0 Å². The molecule has 0 spiro atoms. The van der Waals surface area contributed by atoms with Crippen molar-refractivity contribution in [2.45, 2.75) is 12.5 Å². The number of hydrogen-bond donors (Lipinski definition) is 3. The fraction of sp³-hybridized carbons (Fsp3) is 0.208. The summed E-state index contributed by atoms with van der Waals surface area (Å²) in [5, 5.41) is 14.9. The Hall–Kier alpha value is -4.45. The van der Waals surface area contributed by atoms with Crippen molar-refractivity contribution in [2.24, 2.45) is 12.8 Å². The van der Waals surface area contributed by atoms with Crippen LogP contribution >= 0.6 is 0 Å². The molecule has 4 aromatic heterocycles. The van der Waals surface area contributed by atoms with Crippen LogP contribution in [0.15, 0.2) is 61.6 Å². The molecular weight excluding hydrogens is 466 g/mol. The summed E-state index contributed by atoms with van der Waals surface area (Å²) in [5.41, 5.74) is 8.60. The maximum atomic E-state index is 14.2. The molecule has 0 unspecified atom stereocenters. The molecule has 0 aliphatic rings. The van der Waals surface area contributed by atoms with Gasteiger partial charge in [0.2, 0.25) is 5.95 Å². The molecule has 10 nitrogen and oxygen atoms in total. The SMILES string of the molecule is Cn1cc(-c2cc3c(NCCNc4ncc([C@@](C)(N)c5ccc(F)cc5F)cn4)ncnn3c2)cn1. The zero-order valence-corrected chi connectivity index (χ0v) is 19.7. The van der Waals surface area contributed by atoms with Crippen molar-refractivity contribution in [1.82, 2.24) is 34.3 Å². The molecule has 0 aliphatic heterocycles. The highest BCUT2D eigenvalue weighted by atomic mass is 19.1. The van der Waals surface area contributed by atoms with E-state index in [1.807, 2.05) is 25.5 Å². The standard InChI is InChI=1S/C24H24F2N10/c1-24(27,19-4-3-18(25)8-20(19)26)17-10-30-23(31-11-17)29-6-5-28-22-21-7-15(13-36(21)34-14-32-22)16-9-33-35(2)12-16/h3-4,7-14H,5-6,27H2,1-2H3,(H,28,32,34)(H,29,30,31)/t24-/m1/s1. The lowest BCUT2D eigenvalue weighted by Crippen LogP contribution is -2.35. The number of fused-ring (bicyclic) bond motifs is 1. The third kappa shape index (κ3) is 4.58. The maximum absolute atomic E-state index is 14.2. The zero-order chi connectivity index (χ0) is 25.3. The summed E-state index contributed by atoms with van der Waals surface area (Å²) in [6.45, 7) is 2.68. The van der Waals surface area contributed by atoms with E-state index in [0.29, 0.717) is 30.4 Å². The molecule has 12 heteroatoms. The van der Waals surface area contributed by atoms with E-state index >= 15 is 0 Å². The molecule has 184 valence electrons. The first kappa shape index (κ1) is 23.3. The molecule has 4 N–H and O–H groups in total. The van der Waals surface area contributed by atoms with Gasteiger partial charge in [-0.05, 0) is 19.1 Å². The zero-order valence-electron chi connectivity index (χ0n) is 19.7. The van der Waals surface area contributed by atoms with E-state index in [1.54, 1.807) is 22.3 Å². The Kier molecular flexibility index (Phi) is 6.02. The van der Waals surface area contributed by atoms with E-state index in [9.17, 15) is 8.78 Å². The van der Waals surface area contributed by atoms with Crippen molar-refractivity contribution < 1.29 is 8.78 Å². The first-order chi connectivity index (χ1) is 17.3. The highest BCUT2D eigenvalue weighted by Crippen LogP contribution is 2.28. The van der Waals surface area contributed by atoms with Crippen molar-refractivity contribution in [2.75, 3.05) is 23.7 Å². The minimum atomic E-state index is -1.22. The summed E-state index contributed by atoms with van der Waals surface area (Å²) in [6, 6.07) is 5.31. The van der Waals surface area contributed by atoms with E-state index in [-0.39, 0.29) is 5.56 Å². The first-order valence-corrected chi connectivity index (χ1v) is 11.2. The molecule has 0 radical (unpaired) electrons. The van der Waals surface area contributed by atoms with Gasteiger partial charge in [0.25, 0.3) is 0 Å². The molecule has 0 fully saturated rings. The summed E-state index contributed by atoms with van der Waals surface area (Å²) in [6.07, 6.45) is 10.2. The molecule has 0 saturated heterocycles. The molecule has 5 rings (SSSR count). The predicted octanol–water partition coefficient (Wildman–Crippen LogP) is 2.94. The van der Waals surface area contributed by atoms with Crippen LogP contribution in [0.3, 0.4) is 0 Å². The summed E-state index contributed by atoms with van der Waals surface area (Å²) in [5.74, 6) is -0.295. The topological polar surface area (TPSA) is 124 Å². The Labute approximate surface area is 205 Å². The second-order valence-corrected chi connectivity index (χ2v) is 8.55. The van der Waals surface area contributed by atoms with Crippen LogP contribution in [0.5, 0.6) is 0 Å². The van der Waals surface area contributed by atoms with Crippen molar-refractivity contribution in [3.05, 3.63) is 84.3 Å².